The van der Waals surface area contributed by atoms with Crippen LogP contribution in [0.15, 0.2) is 53.4 Å². The fraction of sp³-hybridized carbons (Fsp3) is 0.0769. The summed E-state index contributed by atoms with van der Waals surface area (Å²) in [7, 11) is -3.57. The van der Waals surface area contributed by atoms with E-state index >= 15 is 0 Å². The Balaban J connectivity index is 2.25. The van der Waals surface area contributed by atoms with Gasteiger partial charge in [-0.1, -0.05) is 0 Å². The molecule has 0 saturated heterocycles. The van der Waals surface area contributed by atoms with Crippen molar-refractivity contribution < 1.29 is 12.2 Å². The molecule has 0 spiro atoms. The van der Waals surface area contributed by atoms with E-state index in [2.05, 4.69) is 4.72 Å². The van der Waals surface area contributed by atoms with Gasteiger partial charge in [-0.3, -0.25) is 0 Å². The monoisotopic (exact) mass is 337 g/mol. The van der Waals surface area contributed by atoms with E-state index in [1.54, 1.807) is 48.5 Å². The Labute approximate surface area is 118 Å². The van der Waals surface area contributed by atoms with E-state index in [0.29, 0.717) is 5.69 Å². The Morgan fingerprint density at radius 3 is 2.05 bits per heavy atom. The van der Waals surface area contributed by atoms with E-state index in [9.17, 15) is 12.2 Å². The summed E-state index contributed by atoms with van der Waals surface area (Å²) in [5, 5.41) is 0. The van der Waals surface area contributed by atoms with Gasteiger partial charge in [0.05, 0.1) is 0 Å². The molecule has 0 aliphatic carbocycles. The predicted molar refractivity (Wildman–Crippen MR) is 74.5 cm³/mol. The average molecular weight is 337 g/mol. The fourth-order valence-electron chi connectivity index (χ4n) is 1.52. The number of hydrogen-bond donors (Lipinski definition) is 1. The van der Waals surface area contributed by atoms with Gasteiger partial charge in [0.1, 0.15) is 0 Å². The molecule has 0 heterocycles. The molecule has 1 N–H and O–H groups in total. The van der Waals surface area contributed by atoms with Gasteiger partial charge in [0.2, 0.25) is 0 Å². The van der Waals surface area contributed by atoms with Crippen molar-refractivity contribution in [1.82, 2.24) is 0 Å². The number of nitrogens with one attached hydrogen (secondary N) is 1. The summed E-state index contributed by atoms with van der Waals surface area (Å²) in [6.07, 6.45) is 0. The van der Waals surface area contributed by atoms with Gasteiger partial charge < -0.3 is 0 Å². The molecule has 0 saturated carbocycles. The number of aryl methyl sites for hydroxylation is 1. The summed E-state index contributed by atoms with van der Waals surface area (Å²) in [4.78, 5) is 0.220. The zero-order chi connectivity index (χ0) is 13.9. The first kappa shape index (κ1) is 14.0. The molecule has 0 aliphatic rings. The van der Waals surface area contributed by atoms with Crippen molar-refractivity contribution in [2.45, 2.75) is 11.8 Å². The van der Waals surface area contributed by atoms with Crippen molar-refractivity contribution in [3.63, 3.8) is 0 Å². The molecule has 2 aromatic carbocycles. The van der Waals surface area contributed by atoms with Gasteiger partial charge in [0, 0.05) is 0 Å². The topological polar surface area (TPSA) is 63.2 Å². The Hall–Kier alpha value is -1.45. The summed E-state index contributed by atoms with van der Waals surface area (Å²) in [5.74, 6) is 0. The minimum atomic E-state index is -3.57. The Morgan fingerprint density at radius 1 is 0.947 bits per heavy atom. The summed E-state index contributed by atoms with van der Waals surface area (Å²) >= 11 is -1.08. The average Bonchev–Trinajstić information content (AvgIpc) is 2.40. The molecule has 0 aliphatic heterocycles. The van der Waals surface area contributed by atoms with Gasteiger partial charge in [-0.15, -0.1) is 0 Å². The molecule has 0 radical (unpaired) electrons. The molecule has 0 aromatic heterocycles. The predicted octanol–water partition coefficient (Wildman–Crippen LogP) is 1.47. The van der Waals surface area contributed by atoms with Crippen molar-refractivity contribution in [1.29, 1.82) is 0 Å². The van der Waals surface area contributed by atoms with Crippen molar-refractivity contribution in [3.8, 4) is 0 Å². The van der Waals surface area contributed by atoms with Gasteiger partial charge in [0.15, 0.2) is 0 Å². The van der Waals surface area contributed by atoms with Gasteiger partial charge >= 0.3 is 119 Å². The van der Waals surface area contributed by atoms with Gasteiger partial charge in [-0.2, -0.15) is 0 Å². The normalized spacial score (nSPS) is 11.4. The van der Waals surface area contributed by atoms with Crippen LogP contribution in [0.1, 0.15) is 5.56 Å². The molecule has 2 aromatic rings. The Kier molecular flexibility index (Phi) is 4.17. The number of sulfonamides is 1. The molecule has 0 bridgehead atoms. The molecular formula is C13H12AsNO3S. The quantitative estimate of drug-likeness (QED) is 0.860. The third-order valence-corrected chi connectivity index (χ3v) is 5.02. The van der Waals surface area contributed by atoms with Crippen LogP contribution in [0.25, 0.3) is 0 Å². The van der Waals surface area contributed by atoms with E-state index < -0.39 is 25.7 Å². The minimum absolute atomic E-state index is 0.220. The molecule has 2 rings (SSSR count). The van der Waals surface area contributed by atoms with Gasteiger partial charge in [-0.05, 0) is 0 Å². The van der Waals surface area contributed by atoms with Crippen LogP contribution in [0.4, 0.5) is 5.69 Å². The Bertz CT molecular complexity index is 679. The first-order valence-electron chi connectivity index (χ1n) is 5.54. The second kappa shape index (κ2) is 5.68. The standard InChI is InChI=1S/C13H12AsNO3S/c1-10-2-8-13(9-3-10)19(17,18)15-12-6-4-11(14-16)5-7-12/h2-9,15H,1H3. The molecule has 0 amide bonds. The third kappa shape index (κ3) is 3.52. The van der Waals surface area contributed by atoms with Gasteiger partial charge in [-0.25, -0.2) is 0 Å². The van der Waals surface area contributed by atoms with Crippen LogP contribution in [0.5, 0.6) is 0 Å². The Morgan fingerprint density at radius 2 is 1.53 bits per heavy atom. The molecule has 19 heavy (non-hydrogen) atoms. The molecular weight excluding hydrogens is 325 g/mol. The fourth-order valence-corrected chi connectivity index (χ4v) is 3.15. The van der Waals surface area contributed by atoms with Crippen LogP contribution < -0.4 is 9.07 Å². The zero-order valence-corrected chi connectivity index (χ0v) is 12.9. The number of hydrogen-bond acceptors (Lipinski definition) is 3. The SMILES string of the molecule is Cc1ccc(S(=O)(=O)Nc2ccc([As]=O)cc2)cc1. The van der Waals surface area contributed by atoms with Crippen molar-refractivity contribution in [3.05, 3.63) is 54.1 Å². The van der Waals surface area contributed by atoms with Crippen LogP contribution in [0.3, 0.4) is 0 Å². The van der Waals surface area contributed by atoms with Crippen LogP contribution >= 0.6 is 0 Å². The summed E-state index contributed by atoms with van der Waals surface area (Å²) in [6, 6.07) is 13.1. The molecule has 0 atom stereocenters. The van der Waals surface area contributed by atoms with Crippen LogP contribution in [-0.4, -0.2) is 24.1 Å². The van der Waals surface area contributed by atoms with Crippen LogP contribution in [0, 0.1) is 6.92 Å². The number of benzene rings is 2. The van der Waals surface area contributed by atoms with E-state index in [1.165, 1.54) is 0 Å². The van der Waals surface area contributed by atoms with Crippen molar-refractivity contribution >= 4 is 35.8 Å². The maximum atomic E-state index is 12.1. The first-order chi connectivity index (χ1) is 9.01. The molecule has 98 valence electrons. The zero-order valence-electron chi connectivity index (χ0n) is 10.2. The summed E-state index contributed by atoms with van der Waals surface area (Å²) < 4.78 is 38.1. The first-order valence-corrected chi connectivity index (χ1v) is 8.73. The molecule has 0 unspecified atom stereocenters. The number of rotatable bonds is 4. The van der Waals surface area contributed by atoms with Gasteiger partial charge in [0.25, 0.3) is 0 Å². The van der Waals surface area contributed by atoms with E-state index in [4.69, 9.17) is 0 Å². The second-order valence-corrected chi connectivity index (χ2v) is 7.21. The van der Waals surface area contributed by atoms with E-state index in [-0.39, 0.29) is 4.90 Å². The molecule has 6 heteroatoms. The summed E-state index contributed by atoms with van der Waals surface area (Å²) in [6.45, 7) is 1.90. The summed E-state index contributed by atoms with van der Waals surface area (Å²) in [5.41, 5.74) is 1.46. The van der Waals surface area contributed by atoms with Crippen molar-refractivity contribution in [2.75, 3.05) is 4.72 Å². The molecule has 4 nitrogen and oxygen atoms in total. The van der Waals surface area contributed by atoms with E-state index in [1.807, 2.05) is 6.92 Å². The van der Waals surface area contributed by atoms with Crippen LogP contribution in [0.2, 0.25) is 0 Å². The van der Waals surface area contributed by atoms with E-state index in [0.717, 1.165) is 9.91 Å². The third-order valence-electron chi connectivity index (χ3n) is 2.56. The van der Waals surface area contributed by atoms with Crippen LogP contribution in [-0.2, 0) is 13.8 Å². The van der Waals surface area contributed by atoms with Crippen molar-refractivity contribution in [2.24, 2.45) is 0 Å². The second-order valence-electron chi connectivity index (χ2n) is 4.06. The molecule has 0 fully saturated rings. The maximum absolute atomic E-state index is 12.1. The number of anilines is 1.